The fraction of sp³-hybridized carbons (Fsp3) is 0.750. The van der Waals surface area contributed by atoms with E-state index < -0.39 is 11.4 Å². The van der Waals surface area contributed by atoms with Gasteiger partial charge in [0, 0.05) is 5.57 Å². The quantitative estimate of drug-likeness (QED) is 0.664. The smallest absolute Gasteiger partial charge is 0.314 e. The Labute approximate surface area is 88.2 Å². The number of hydrogen-bond acceptors (Lipinski definition) is 2. The average molecular weight is 206 g/mol. The Morgan fingerprint density at radius 2 is 1.87 bits per heavy atom. The summed E-state index contributed by atoms with van der Waals surface area (Å²) in [6.07, 6.45) is 4.59. The average Bonchev–Trinajstić information content (AvgIpc) is 2.16. The first-order valence-corrected chi connectivity index (χ1v) is 5.64. The highest BCUT2D eigenvalue weighted by Gasteiger charge is 2.58. The van der Waals surface area contributed by atoms with Crippen molar-refractivity contribution in [1.82, 2.24) is 0 Å². The predicted molar refractivity (Wildman–Crippen MR) is 52.8 cm³/mol. The van der Waals surface area contributed by atoms with Crippen molar-refractivity contribution >= 4 is 11.9 Å². The molecule has 0 heterocycles. The van der Waals surface area contributed by atoms with Crippen LogP contribution in [0, 0.1) is 23.2 Å². The summed E-state index contributed by atoms with van der Waals surface area (Å²) in [5.41, 5.74) is -0.251. The fourth-order valence-corrected chi connectivity index (χ4v) is 4.28. The van der Waals surface area contributed by atoms with E-state index in [2.05, 4.69) is 0 Å². The van der Waals surface area contributed by atoms with Crippen LogP contribution in [0.1, 0.15) is 32.1 Å². The highest BCUT2D eigenvalue weighted by Crippen LogP contribution is 2.61. The lowest BCUT2D eigenvalue weighted by Crippen LogP contribution is -2.52. The van der Waals surface area contributed by atoms with Crippen molar-refractivity contribution < 1.29 is 14.7 Å². The minimum absolute atomic E-state index is 0.227. The van der Waals surface area contributed by atoms with Crippen molar-refractivity contribution in [1.29, 1.82) is 0 Å². The minimum Gasteiger partial charge on any atom is -0.481 e. The molecule has 4 bridgehead atoms. The molecular weight excluding hydrogens is 192 g/mol. The molecule has 2 unspecified atom stereocenters. The zero-order valence-corrected chi connectivity index (χ0v) is 8.53. The molecule has 0 aliphatic heterocycles. The molecule has 0 aromatic carbocycles. The first kappa shape index (κ1) is 9.17. The van der Waals surface area contributed by atoms with Gasteiger partial charge < -0.3 is 5.11 Å². The first-order chi connectivity index (χ1) is 7.15. The van der Waals surface area contributed by atoms with Gasteiger partial charge in [0.15, 0.2) is 0 Å². The maximum absolute atomic E-state index is 11.4. The van der Waals surface area contributed by atoms with Crippen LogP contribution >= 0.6 is 0 Å². The Bertz CT molecular complexity index is 364. The van der Waals surface area contributed by atoms with Gasteiger partial charge in [-0.05, 0) is 49.9 Å². The number of hydrogen-bond donors (Lipinski definition) is 1. The summed E-state index contributed by atoms with van der Waals surface area (Å²) in [6, 6.07) is 0. The van der Waals surface area contributed by atoms with Crippen molar-refractivity contribution in [3.8, 4) is 0 Å². The second kappa shape index (κ2) is 2.73. The third-order valence-corrected chi connectivity index (χ3v) is 4.62. The molecule has 80 valence electrons. The number of carboxylic acid groups (broad SMARTS) is 1. The number of rotatable bonds is 1. The lowest BCUT2D eigenvalue weighted by molar-refractivity contribution is -0.155. The standard InChI is InChI=1S/C12H14O3/c13-6-10-9-2-7-1-8(3-9)5-12(10,4-7)11(14)15/h7-9H,1-5H2,(H,14,15). The Kier molecular flexibility index (Phi) is 1.67. The maximum atomic E-state index is 11.4. The van der Waals surface area contributed by atoms with Crippen LogP contribution in [-0.4, -0.2) is 17.0 Å². The van der Waals surface area contributed by atoms with Crippen LogP contribution in [0.3, 0.4) is 0 Å². The van der Waals surface area contributed by atoms with E-state index in [4.69, 9.17) is 0 Å². The number of carboxylic acids is 1. The van der Waals surface area contributed by atoms with E-state index >= 15 is 0 Å². The van der Waals surface area contributed by atoms with E-state index in [1.807, 2.05) is 5.94 Å². The van der Waals surface area contributed by atoms with Crippen molar-refractivity contribution in [3.63, 3.8) is 0 Å². The molecule has 4 saturated carbocycles. The van der Waals surface area contributed by atoms with Gasteiger partial charge in [0.05, 0.1) is 0 Å². The highest BCUT2D eigenvalue weighted by molar-refractivity contribution is 5.83. The van der Waals surface area contributed by atoms with Gasteiger partial charge >= 0.3 is 5.97 Å². The van der Waals surface area contributed by atoms with Gasteiger partial charge in [-0.1, -0.05) is 0 Å². The second-order valence-corrected chi connectivity index (χ2v) is 5.45. The molecule has 0 radical (unpaired) electrons. The maximum Gasteiger partial charge on any atom is 0.314 e. The normalized spacial score (nSPS) is 46.7. The zero-order valence-electron chi connectivity index (χ0n) is 8.53. The van der Waals surface area contributed by atoms with E-state index in [0.29, 0.717) is 30.3 Å². The molecular formula is C12H14O3. The van der Waals surface area contributed by atoms with Crippen molar-refractivity contribution in [2.75, 3.05) is 0 Å². The predicted octanol–water partition coefficient (Wildman–Crippen LogP) is 1.66. The Balaban J connectivity index is 2.12. The number of carbonyl (C=O) groups excluding carboxylic acids is 1. The molecule has 0 aromatic rings. The van der Waals surface area contributed by atoms with Crippen molar-refractivity contribution in [2.24, 2.45) is 23.2 Å². The van der Waals surface area contributed by atoms with E-state index in [1.165, 1.54) is 6.42 Å². The molecule has 1 N–H and O–H groups in total. The van der Waals surface area contributed by atoms with Gasteiger partial charge in [-0.25, -0.2) is 4.79 Å². The lowest BCUT2D eigenvalue weighted by Gasteiger charge is -2.54. The molecule has 0 amide bonds. The SMILES string of the molecule is O=C=C1C2CC3CC(C2)CC1(C(=O)O)C3. The Morgan fingerprint density at radius 3 is 2.33 bits per heavy atom. The third-order valence-electron chi connectivity index (χ3n) is 4.62. The topological polar surface area (TPSA) is 54.4 Å². The molecule has 3 heteroatoms. The summed E-state index contributed by atoms with van der Waals surface area (Å²) in [4.78, 5) is 22.4. The molecule has 2 atom stereocenters. The van der Waals surface area contributed by atoms with Crippen molar-refractivity contribution in [3.05, 3.63) is 5.57 Å². The van der Waals surface area contributed by atoms with Gasteiger partial charge in [-0.2, -0.15) is 0 Å². The molecule has 0 spiro atoms. The largest absolute Gasteiger partial charge is 0.481 e. The van der Waals surface area contributed by atoms with Crippen molar-refractivity contribution in [2.45, 2.75) is 32.1 Å². The summed E-state index contributed by atoms with van der Waals surface area (Å²) in [5, 5.41) is 9.38. The number of carbonyl (C=O) groups is 1. The summed E-state index contributed by atoms with van der Waals surface area (Å²) in [6.45, 7) is 0. The Morgan fingerprint density at radius 1 is 1.27 bits per heavy atom. The summed E-state index contributed by atoms with van der Waals surface area (Å²) in [7, 11) is 0. The van der Waals surface area contributed by atoms with Gasteiger partial charge in [-0.15, -0.1) is 0 Å². The lowest BCUT2D eigenvalue weighted by atomic mass is 9.47. The van der Waals surface area contributed by atoms with Gasteiger partial charge in [0.25, 0.3) is 0 Å². The van der Waals surface area contributed by atoms with E-state index in [1.54, 1.807) is 0 Å². The van der Waals surface area contributed by atoms with Crippen LogP contribution in [0.5, 0.6) is 0 Å². The van der Waals surface area contributed by atoms with E-state index in [0.717, 1.165) is 12.8 Å². The molecule has 4 rings (SSSR count). The molecule has 3 nitrogen and oxygen atoms in total. The molecule has 0 saturated heterocycles. The zero-order chi connectivity index (χ0) is 10.6. The molecule has 0 aromatic heterocycles. The highest BCUT2D eigenvalue weighted by atomic mass is 16.4. The van der Waals surface area contributed by atoms with Crippen LogP contribution in [0.2, 0.25) is 0 Å². The van der Waals surface area contributed by atoms with Gasteiger partial charge in [0.2, 0.25) is 0 Å². The van der Waals surface area contributed by atoms with Crippen LogP contribution in [0.25, 0.3) is 0 Å². The Hall–Kier alpha value is -1.08. The molecule has 4 aliphatic carbocycles. The third kappa shape index (κ3) is 1.02. The second-order valence-electron chi connectivity index (χ2n) is 5.45. The van der Waals surface area contributed by atoms with Crippen LogP contribution in [0.15, 0.2) is 5.57 Å². The van der Waals surface area contributed by atoms with Crippen LogP contribution in [-0.2, 0) is 9.59 Å². The van der Waals surface area contributed by atoms with Gasteiger partial charge in [-0.3, -0.25) is 4.79 Å². The molecule has 15 heavy (non-hydrogen) atoms. The summed E-state index contributed by atoms with van der Waals surface area (Å²) in [5.74, 6) is 2.47. The monoisotopic (exact) mass is 206 g/mol. The van der Waals surface area contributed by atoms with Crippen LogP contribution in [0.4, 0.5) is 0 Å². The summed E-state index contributed by atoms with van der Waals surface area (Å²) >= 11 is 0. The number of aliphatic carboxylic acids is 1. The summed E-state index contributed by atoms with van der Waals surface area (Å²) < 4.78 is 0. The molecule has 4 aliphatic rings. The van der Waals surface area contributed by atoms with E-state index in [-0.39, 0.29) is 5.92 Å². The van der Waals surface area contributed by atoms with Gasteiger partial charge in [0.1, 0.15) is 11.4 Å². The van der Waals surface area contributed by atoms with E-state index in [9.17, 15) is 14.7 Å². The minimum atomic E-state index is -0.823. The fourth-order valence-electron chi connectivity index (χ4n) is 4.28. The van der Waals surface area contributed by atoms with Crippen LogP contribution < -0.4 is 0 Å². The first-order valence-electron chi connectivity index (χ1n) is 5.64. The molecule has 4 fully saturated rings.